The first kappa shape index (κ1) is 13.3. The van der Waals surface area contributed by atoms with Crippen LogP contribution in [0.3, 0.4) is 0 Å². The second kappa shape index (κ2) is 5.67. The van der Waals surface area contributed by atoms with Crippen molar-refractivity contribution in [3.8, 4) is 5.75 Å². The number of hydrogen-bond acceptors (Lipinski definition) is 4. The van der Waals surface area contributed by atoms with Crippen LogP contribution in [0.25, 0.3) is 0 Å². The van der Waals surface area contributed by atoms with E-state index in [4.69, 9.17) is 10.5 Å². The zero-order chi connectivity index (χ0) is 13.8. The number of rotatable bonds is 4. The predicted octanol–water partition coefficient (Wildman–Crippen LogP) is 1.26. The summed E-state index contributed by atoms with van der Waals surface area (Å²) in [6.07, 6.45) is 1.52. The van der Waals surface area contributed by atoms with E-state index in [-0.39, 0.29) is 11.6 Å². The molecule has 5 heteroatoms. The van der Waals surface area contributed by atoms with Gasteiger partial charge in [-0.15, -0.1) is 0 Å². The van der Waals surface area contributed by atoms with E-state index >= 15 is 0 Å². The zero-order valence-electron chi connectivity index (χ0n) is 11.0. The summed E-state index contributed by atoms with van der Waals surface area (Å²) in [6.45, 7) is 2.15. The van der Waals surface area contributed by atoms with Crippen LogP contribution in [0.4, 0.5) is 0 Å². The number of nitrogens with two attached hydrogens (primary N) is 1. The van der Waals surface area contributed by atoms with E-state index in [1.54, 1.807) is 14.0 Å². The smallest absolute Gasteiger partial charge is 0.253 e. The van der Waals surface area contributed by atoms with Gasteiger partial charge in [0.2, 0.25) is 0 Å². The van der Waals surface area contributed by atoms with Gasteiger partial charge in [0.15, 0.2) is 0 Å². The molecule has 5 nitrogen and oxygen atoms in total. The third kappa shape index (κ3) is 3.00. The molecule has 100 valence electrons. The number of para-hydroxylation sites is 1. The lowest BCUT2D eigenvalue weighted by Gasteiger charge is -2.16. The van der Waals surface area contributed by atoms with Crippen LogP contribution in [0.2, 0.25) is 0 Å². The molecule has 1 aromatic carbocycles. The molecule has 1 unspecified atom stereocenters. The molecule has 2 N–H and O–H groups in total. The molecule has 1 aromatic heterocycles. The second-order valence-corrected chi connectivity index (χ2v) is 4.37. The molecule has 0 aliphatic heterocycles. The van der Waals surface area contributed by atoms with Gasteiger partial charge in [0.05, 0.1) is 19.5 Å². The average Bonchev–Trinajstić information content (AvgIpc) is 2.41. The second-order valence-electron chi connectivity index (χ2n) is 4.37. The summed E-state index contributed by atoms with van der Waals surface area (Å²) in [6, 6.07) is 8.71. The quantitative estimate of drug-likeness (QED) is 0.897. The molecule has 2 rings (SSSR count). The maximum absolute atomic E-state index is 11.8. The van der Waals surface area contributed by atoms with Crippen LogP contribution in [0.5, 0.6) is 5.75 Å². The van der Waals surface area contributed by atoms with Gasteiger partial charge in [0.1, 0.15) is 5.75 Å². The Morgan fingerprint density at radius 3 is 2.84 bits per heavy atom. The molecular formula is C14H17N3O2. The summed E-state index contributed by atoms with van der Waals surface area (Å²) < 4.78 is 6.77. The van der Waals surface area contributed by atoms with Crippen molar-refractivity contribution in [2.75, 3.05) is 7.11 Å². The number of aromatic nitrogens is 2. The number of methoxy groups -OCH3 is 1. The number of benzene rings is 1. The Hall–Kier alpha value is -2.14. The fourth-order valence-electron chi connectivity index (χ4n) is 1.94. The molecule has 0 saturated carbocycles. The van der Waals surface area contributed by atoms with Gasteiger partial charge in [-0.05, 0) is 13.0 Å². The fourth-order valence-corrected chi connectivity index (χ4v) is 1.94. The maximum atomic E-state index is 11.8. The van der Waals surface area contributed by atoms with Crippen molar-refractivity contribution < 1.29 is 4.74 Å². The first-order chi connectivity index (χ1) is 9.11. The van der Waals surface area contributed by atoms with Crippen molar-refractivity contribution in [1.82, 2.24) is 9.55 Å². The Kier molecular flexibility index (Phi) is 3.97. The summed E-state index contributed by atoms with van der Waals surface area (Å²) >= 11 is 0. The Morgan fingerprint density at radius 1 is 1.42 bits per heavy atom. The van der Waals surface area contributed by atoms with Gasteiger partial charge in [-0.25, -0.2) is 4.98 Å². The highest BCUT2D eigenvalue weighted by molar-refractivity contribution is 5.35. The Labute approximate surface area is 111 Å². The minimum atomic E-state index is -0.321. The SMILES string of the molecule is COc1ccccc1C(N)Cn1cnc(C)cc1=O. The molecule has 1 atom stereocenters. The maximum Gasteiger partial charge on any atom is 0.253 e. The Balaban J connectivity index is 2.25. The van der Waals surface area contributed by atoms with Crippen LogP contribution in [0.15, 0.2) is 41.5 Å². The van der Waals surface area contributed by atoms with Crippen molar-refractivity contribution in [3.63, 3.8) is 0 Å². The van der Waals surface area contributed by atoms with E-state index in [0.29, 0.717) is 12.2 Å². The molecule has 19 heavy (non-hydrogen) atoms. The number of hydrogen-bond donors (Lipinski definition) is 1. The third-order valence-electron chi connectivity index (χ3n) is 2.95. The summed E-state index contributed by atoms with van der Waals surface area (Å²) in [4.78, 5) is 15.9. The molecule has 0 amide bonds. The summed E-state index contributed by atoms with van der Waals surface area (Å²) in [5, 5.41) is 0. The topological polar surface area (TPSA) is 70.1 Å². The van der Waals surface area contributed by atoms with Crippen molar-refractivity contribution in [3.05, 3.63) is 58.3 Å². The van der Waals surface area contributed by atoms with Gasteiger partial charge in [-0.1, -0.05) is 18.2 Å². The lowest BCUT2D eigenvalue weighted by molar-refractivity contribution is 0.401. The van der Waals surface area contributed by atoms with Crippen LogP contribution < -0.4 is 16.0 Å². The molecule has 0 fully saturated rings. The Bertz CT molecular complexity index is 622. The van der Waals surface area contributed by atoms with E-state index in [0.717, 1.165) is 11.3 Å². The summed E-state index contributed by atoms with van der Waals surface area (Å²) in [5.74, 6) is 0.725. The van der Waals surface area contributed by atoms with Gasteiger partial charge in [-0.2, -0.15) is 0 Å². The fraction of sp³-hybridized carbons (Fsp3) is 0.286. The van der Waals surface area contributed by atoms with Gasteiger partial charge in [0, 0.05) is 23.9 Å². The van der Waals surface area contributed by atoms with Crippen molar-refractivity contribution in [2.24, 2.45) is 5.73 Å². The van der Waals surface area contributed by atoms with E-state index in [1.165, 1.54) is 17.0 Å². The minimum Gasteiger partial charge on any atom is -0.496 e. The predicted molar refractivity (Wildman–Crippen MR) is 73.2 cm³/mol. The molecule has 0 bridgehead atoms. The van der Waals surface area contributed by atoms with Crippen LogP contribution in [0, 0.1) is 6.92 Å². The molecule has 0 aliphatic rings. The van der Waals surface area contributed by atoms with Crippen LogP contribution in [-0.4, -0.2) is 16.7 Å². The molecule has 0 aliphatic carbocycles. The molecule has 0 saturated heterocycles. The summed E-state index contributed by atoms with van der Waals surface area (Å²) in [7, 11) is 1.60. The number of aryl methyl sites for hydroxylation is 1. The molecule has 2 aromatic rings. The van der Waals surface area contributed by atoms with Crippen molar-refractivity contribution >= 4 is 0 Å². The van der Waals surface area contributed by atoms with Crippen LogP contribution in [0.1, 0.15) is 17.3 Å². The van der Waals surface area contributed by atoms with Crippen molar-refractivity contribution in [2.45, 2.75) is 19.5 Å². The monoisotopic (exact) mass is 259 g/mol. The van der Waals surface area contributed by atoms with Gasteiger partial charge < -0.3 is 10.5 Å². The van der Waals surface area contributed by atoms with Gasteiger partial charge >= 0.3 is 0 Å². The molecule has 1 heterocycles. The van der Waals surface area contributed by atoms with Crippen LogP contribution in [-0.2, 0) is 6.54 Å². The average molecular weight is 259 g/mol. The lowest BCUT2D eigenvalue weighted by Crippen LogP contribution is -2.27. The van der Waals surface area contributed by atoms with E-state index in [1.807, 2.05) is 24.3 Å². The molecular weight excluding hydrogens is 242 g/mol. The largest absolute Gasteiger partial charge is 0.496 e. The molecule has 0 radical (unpaired) electrons. The van der Waals surface area contributed by atoms with E-state index < -0.39 is 0 Å². The van der Waals surface area contributed by atoms with Gasteiger partial charge in [0.25, 0.3) is 5.56 Å². The standard InChI is InChI=1S/C14H17N3O2/c1-10-7-14(18)17(9-16-10)8-12(15)11-5-3-4-6-13(11)19-2/h3-7,9,12H,8,15H2,1-2H3. The number of nitrogens with zero attached hydrogens (tertiary/aromatic N) is 2. The highest BCUT2D eigenvalue weighted by Crippen LogP contribution is 2.23. The lowest BCUT2D eigenvalue weighted by atomic mass is 10.1. The number of ether oxygens (including phenoxy) is 1. The van der Waals surface area contributed by atoms with Crippen molar-refractivity contribution in [1.29, 1.82) is 0 Å². The normalized spacial score (nSPS) is 12.2. The first-order valence-electron chi connectivity index (χ1n) is 6.03. The third-order valence-corrected chi connectivity index (χ3v) is 2.95. The Morgan fingerprint density at radius 2 is 2.16 bits per heavy atom. The summed E-state index contributed by atoms with van der Waals surface area (Å²) in [5.41, 5.74) is 7.62. The zero-order valence-corrected chi connectivity index (χ0v) is 11.0. The minimum absolute atomic E-state index is 0.0992. The van der Waals surface area contributed by atoms with E-state index in [2.05, 4.69) is 4.98 Å². The van der Waals surface area contributed by atoms with E-state index in [9.17, 15) is 4.79 Å². The van der Waals surface area contributed by atoms with Crippen LogP contribution >= 0.6 is 0 Å². The highest BCUT2D eigenvalue weighted by Gasteiger charge is 2.12. The van der Waals surface area contributed by atoms with Gasteiger partial charge in [-0.3, -0.25) is 9.36 Å². The first-order valence-corrected chi connectivity index (χ1v) is 6.03. The molecule has 0 spiro atoms. The highest BCUT2D eigenvalue weighted by atomic mass is 16.5.